The zero-order valence-corrected chi connectivity index (χ0v) is 13.5. The Morgan fingerprint density at radius 3 is 2.67 bits per heavy atom. The molecule has 2 heterocycles. The van der Waals surface area contributed by atoms with Crippen LogP contribution in [0.4, 0.5) is 4.79 Å². The molecule has 0 unspecified atom stereocenters. The molecule has 1 atom stereocenters. The van der Waals surface area contributed by atoms with E-state index < -0.39 is 5.60 Å². The van der Waals surface area contributed by atoms with E-state index in [0.29, 0.717) is 5.88 Å². The highest BCUT2D eigenvalue weighted by atomic mass is 16.6. The molecule has 0 aromatic carbocycles. The Bertz CT molecular complexity index is 523. The molecule has 1 aliphatic rings. The smallest absolute Gasteiger partial charge is 0.410 e. The predicted molar refractivity (Wildman–Crippen MR) is 80.4 cm³/mol. The maximum Gasteiger partial charge on any atom is 0.410 e. The van der Waals surface area contributed by atoms with Gasteiger partial charge >= 0.3 is 6.09 Å². The number of aryl methyl sites for hydroxylation is 1. The lowest BCUT2D eigenvalue weighted by Gasteiger charge is -2.29. The minimum absolute atomic E-state index is 0.0401. The molecular formula is C16H24N2O3. The van der Waals surface area contributed by atoms with E-state index >= 15 is 0 Å². The maximum atomic E-state index is 12.3. The number of nitrogens with zero attached hydrogens (tertiary/aromatic N) is 2. The third-order valence-electron chi connectivity index (χ3n) is 3.55. The van der Waals surface area contributed by atoms with E-state index in [4.69, 9.17) is 9.47 Å². The van der Waals surface area contributed by atoms with Crippen molar-refractivity contribution in [3.8, 4) is 5.88 Å². The van der Waals surface area contributed by atoms with E-state index in [1.807, 2.05) is 44.7 Å². The van der Waals surface area contributed by atoms with Crippen LogP contribution in [0.2, 0.25) is 0 Å². The average Bonchev–Trinajstić information content (AvgIpc) is 2.85. The minimum atomic E-state index is -0.475. The first-order valence-corrected chi connectivity index (χ1v) is 7.33. The van der Waals surface area contributed by atoms with Crippen molar-refractivity contribution in [2.75, 3.05) is 13.7 Å². The van der Waals surface area contributed by atoms with Gasteiger partial charge in [0.05, 0.1) is 13.2 Å². The van der Waals surface area contributed by atoms with Crippen LogP contribution in [0.3, 0.4) is 0 Å². The van der Waals surface area contributed by atoms with Gasteiger partial charge in [-0.1, -0.05) is 0 Å². The van der Waals surface area contributed by atoms with E-state index in [1.165, 1.54) is 0 Å². The zero-order valence-electron chi connectivity index (χ0n) is 13.5. The highest BCUT2D eigenvalue weighted by molar-refractivity contribution is 5.69. The van der Waals surface area contributed by atoms with Crippen LogP contribution in [-0.2, 0) is 4.74 Å². The zero-order chi connectivity index (χ0) is 15.6. The predicted octanol–water partition coefficient (Wildman–Crippen LogP) is 3.47. The molecule has 0 N–H and O–H groups in total. The average molecular weight is 292 g/mol. The first-order chi connectivity index (χ1) is 9.81. The van der Waals surface area contributed by atoms with Gasteiger partial charge in [-0.2, -0.15) is 0 Å². The fourth-order valence-corrected chi connectivity index (χ4v) is 2.64. The van der Waals surface area contributed by atoms with Crippen LogP contribution < -0.4 is 4.74 Å². The second kappa shape index (κ2) is 5.92. The van der Waals surface area contributed by atoms with E-state index in [-0.39, 0.29) is 12.1 Å². The Morgan fingerprint density at radius 1 is 1.38 bits per heavy atom. The standard InChI is InChI=1S/C16H24N2O3/c1-11-12(8-9-14(17-11)20-5)13-7-6-10-18(13)15(19)21-16(2,3)4/h8-9,13H,6-7,10H2,1-5H3/t13-/m1/s1. The number of carbonyl (C=O) groups is 1. The van der Waals surface area contributed by atoms with Crippen molar-refractivity contribution in [2.24, 2.45) is 0 Å². The van der Waals surface area contributed by atoms with Gasteiger partial charge in [0.15, 0.2) is 0 Å². The number of aromatic nitrogens is 1. The fourth-order valence-electron chi connectivity index (χ4n) is 2.64. The normalized spacial score (nSPS) is 18.7. The van der Waals surface area contributed by atoms with E-state index in [1.54, 1.807) is 7.11 Å². The lowest BCUT2D eigenvalue weighted by atomic mass is 10.0. The van der Waals surface area contributed by atoms with Crippen molar-refractivity contribution >= 4 is 6.09 Å². The fraction of sp³-hybridized carbons (Fsp3) is 0.625. The van der Waals surface area contributed by atoms with Gasteiger partial charge in [0.1, 0.15) is 5.60 Å². The molecule has 21 heavy (non-hydrogen) atoms. The molecule has 0 radical (unpaired) electrons. The number of amides is 1. The summed E-state index contributed by atoms with van der Waals surface area (Å²) >= 11 is 0. The summed E-state index contributed by atoms with van der Waals surface area (Å²) in [6.07, 6.45) is 1.67. The van der Waals surface area contributed by atoms with Crippen LogP contribution in [0.1, 0.15) is 50.9 Å². The monoisotopic (exact) mass is 292 g/mol. The van der Waals surface area contributed by atoms with Crippen LogP contribution in [-0.4, -0.2) is 35.2 Å². The molecule has 116 valence electrons. The topological polar surface area (TPSA) is 51.7 Å². The summed E-state index contributed by atoms with van der Waals surface area (Å²) in [5.74, 6) is 0.595. The Balaban J connectivity index is 2.20. The molecule has 0 aliphatic carbocycles. The SMILES string of the molecule is COc1ccc([C@H]2CCCN2C(=O)OC(C)(C)C)c(C)n1. The Kier molecular flexibility index (Phi) is 4.40. The highest BCUT2D eigenvalue weighted by Gasteiger charge is 2.34. The van der Waals surface area contributed by atoms with Gasteiger partial charge in [0.2, 0.25) is 5.88 Å². The summed E-state index contributed by atoms with van der Waals surface area (Å²) in [7, 11) is 1.60. The van der Waals surface area contributed by atoms with Crippen LogP contribution >= 0.6 is 0 Å². The first-order valence-electron chi connectivity index (χ1n) is 7.33. The number of hydrogen-bond acceptors (Lipinski definition) is 4. The van der Waals surface area contributed by atoms with Crippen molar-refractivity contribution in [2.45, 2.75) is 52.2 Å². The lowest BCUT2D eigenvalue weighted by Crippen LogP contribution is -2.36. The van der Waals surface area contributed by atoms with Crippen molar-refractivity contribution in [1.29, 1.82) is 0 Å². The summed E-state index contributed by atoms with van der Waals surface area (Å²) in [5.41, 5.74) is 1.49. The summed E-state index contributed by atoms with van der Waals surface area (Å²) in [6, 6.07) is 3.88. The van der Waals surface area contributed by atoms with E-state index in [0.717, 1.165) is 30.6 Å². The summed E-state index contributed by atoms with van der Waals surface area (Å²) in [4.78, 5) is 18.5. The molecule has 5 heteroatoms. The van der Waals surface area contributed by atoms with Crippen molar-refractivity contribution in [3.05, 3.63) is 23.4 Å². The molecule has 1 aromatic rings. The molecule has 0 bridgehead atoms. The van der Waals surface area contributed by atoms with Gasteiger partial charge < -0.3 is 14.4 Å². The van der Waals surface area contributed by atoms with Gasteiger partial charge in [-0.05, 0) is 52.2 Å². The Hall–Kier alpha value is -1.78. The largest absolute Gasteiger partial charge is 0.481 e. The van der Waals surface area contributed by atoms with Gasteiger partial charge in [-0.3, -0.25) is 0 Å². The maximum absolute atomic E-state index is 12.3. The van der Waals surface area contributed by atoms with Gasteiger partial charge in [-0.25, -0.2) is 9.78 Å². The van der Waals surface area contributed by atoms with E-state index in [9.17, 15) is 4.79 Å². The quantitative estimate of drug-likeness (QED) is 0.837. The van der Waals surface area contributed by atoms with Crippen LogP contribution in [0.25, 0.3) is 0 Å². The van der Waals surface area contributed by atoms with E-state index in [2.05, 4.69) is 4.98 Å². The van der Waals surface area contributed by atoms with Gasteiger partial charge in [-0.15, -0.1) is 0 Å². The number of carbonyl (C=O) groups excluding carboxylic acids is 1. The molecule has 5 nitrogen and oxygen atoms in total. The summed E-state index contributed by atoms with van der Waals surface area (Å²) in [6.45, 7) is 8.33. The second-order valence-corrected chi connectivity index (χ2v) is 6.36. The first kappa shape index (κ1) is 15.6. The molecule has 2 rings (SSSR count). The van der Waals surface area contributed by atoms with Crippen LogP contribution in [0, 0.1) is 6.92 Å². The van der Waals surface area contributed by atoms with Crippen LogP contribution in [0.5, 0.6) is 5.88 Å². The van der Waals surface area contributed by atoms with Crippen LogP contribution in [0.15, 0.2) is 12.1 Å². The Morgan fingerprint density at radius 2 is 2.10 bits per heavy atom. The summed E-state index contributed by atoms with van der Waals surface area (Å²) < 4.78 is 10.6. The molecule has 1 aliphatic heterocycles. The lowest BCUT2D eigenvalue weighted by molar-refractivity contribution is 0.0224. The third kappa shape index (κ3) is 3.65. The Labute approximate surface area is 126 Å². The third-order valence-corrected chi connectivity index (χ3v) is 3.55. The number of hydrogen-bond donors (Lipinski definition) is 0. The minimum Gasteiger partial charge on any atom is -0.481 e. The molecule has 0 saturated carbocycles. The molecule has 1 amide bonds. The van der Waals surface area contributed by atoms with Gasteiger partial charge in [0, 0.05) is 18.3 Å². The molecular weight excluding hydrogens is 268 g/mol. The van der Waals surface area contributed by atoms with Gasteiger partial charge in [0.25, 0.3) is 0 Å². The van der Waals surface area contributed by atoms with Crippen molar-refractivity contribution < 1.29 is 14.3 Å². The molecule has 1 fully saturated rings. The number of ether oxygens (including phenoxy) is 2. The number of rotatable bonds is 2. The highest BCUT2D eigenvalue weighted by Crippen LogP contribution is 2.34. The molecule has 1 saturated heterocycles. The summed E-state index contributed by atoms with van der Waals surface area (Å²) in [5, 5.41) is 0. The number of methoxy groups -OCH3 is 1. The van der Waals surface area contributed by atoms with Crippen molar-refractivity contribution in [1.82, 2.24) is 9.88 Å². The van der Waals surface area contributed by atoms with Crippen molar-refractivity contribution in [3.63, 3.8) is 0 Å². The number of likely N-dealkylation sites (tertiary alicyclic amines) is 1. The molecule has 0 spiro atoms. The number of pyridine rings is 1. The molecule has 1 aromatic heterocycles. The second-order valence-electron chi connectivity index (χ2n) is 6.36.